The van der Waals surface area contributed by atoms with Gasteiger partial charge in [-0.15, -0.1) is 0 Å². The molecule has 1 fully saturated rings. The maximum atomic E-state index is 12.0. The van der Waals surface area contributed by atoms with Gasteiger partial charge in [0.05, 0.1) is 4.90 Å². The molecular formula is C13H19N3O3S. The molecule has 1 aliphatic rings. The van der Waals surface area contributed by atoms with Crippen molar-refractivity contribution in [3.8, 4) is 0 Å². The highest BCUT2D eigenvalue weighted by Crippen LogP contribution is 2.25. The highest BCUT2D eigenvalue weighted by Gasteiger charge is 2.27. The summed E-state index contributed by atoms with van der Waals surface area (Å²) in [7, 11) is -2.09. The van der Waals surface area contributed by atoms with E-state index in [4.69, 9.17) is 5.73 Å². The van der Waals surface area contributed by atoms with Crippen molar-refractivity contribution in [2.24, 2.45) is 11.7 Å². The van der Waals surface area contributed by atoms with Crippen LogP contribution in [0.3, 0.4) is 0 Å². The van der Waals surface area contributed by atoms with Crippen LogP contribution in [0.5, 0.6) is 0 Å². The van der Waals surface area contributed by atoms with Crippen molar-refractivity contribution < 1.29 is 13.2 Å². The molecule has 1 aromatic carbocycles. The van der Waals surface area contributed by atoms with E-state index in [-0.39, 0.29) is 22.8 Å². The van der Waals surface area contributed by atoms with Gasteiger partial charge in [0.2, 0.25) is 15.9 Å². The topological polar surface area (TPSA) is 101 Å². The number of hydrogen-bond donors (Lipinski definition) is 3. The third-order valence-corrected chi connectivity index (χ3v) is 4.98. The molecule has 0 heterocycles. The van der Waals surface area contributed by atoms with Crippen LogP contribution in [0.1, 0.15) is 19.3 Å². The molecule has 1 saturated carbocycles. The number of nitrogens with one attached hydrogen (secondary N) is 2. The first-order valence-electron chi connectivity index (χ1n) is 6.52. The Balaban J connectivity index is 2.02. The Kier molecular flexibility index (Phi) is 4.42. The minimum Gasteiger partial charge on any atom is -0.328 e. The molecule has 1 amide bonds. The SMILES string of the molecule is CNS(=O)(=O)c1ccc(NC(=O)C2CCC(N)C2)cc1. The van der Waals surface area contributed by atoms with E-state index < -0.39 is 10.0 Å². The van der Waals surface area contributed by atoms with Crippen molar-refractivity contribution in [1.82, 2.24) is 4.72 Å². The van der Waals surface area contributed by atoms with Gasteiger partial charge >= 0.3 is 0 Å². The van der Waals surface area contributed by atoms with Gasteiger partial charge in [0.15, 0.2) is 0 Å². The van der Waals surface area contributed by atoms with Crippen LogP contribution in [0.15, 0.2) is 29.2 Å². The first-order chi connectivity index (χ1) is 9.42. The second kappa shape index (κ2) is 5.90. The second-order valence-corrected chi connectivity index (χ2v) is 6.88. The summed E-state index contributed by atoms with van der Waals surface area (Å²) in [6, 6.07) is 6.19. The summed E-state index contributed by atoms with van der Waals surface area (Å²) in [5, 5.41) is 2.79. The van der Waals surface area contributed by atoms with Gasteiger partial charge in [-0.25, -0.2) is 13.1 Å². The Bertz CT molecular complexity index is 583. The summed E-state index contributed by atoms with van der Waals surface area (Å²) in [4.78, 5) is 12.2. The number of sulfonamides is 1. The summed E-state index contributed by atoms with van der Waals surface area (Å²) >= 11 is 0. The molecule has 0 bridgehead atoms. The fourth-order valence-electron chi connectivity index (χ4n) is 2.33. The van der Waals surface area contributed by atoms with E-state index in [1.54, 1.807) is 12.1 Å². The fraction of sp³-hybridized carbons (Fsp3) is 0.462. The van der Waals surface area contributed by atoms with E-state index in [9.17, 15) is 13.2 Å². The summed E-state index contributed by atoms with van der Waals surface area (Å²) in [5.74, 6) is -0.104. The Labute approximate surface area is 118 Å². The van der Waals surface area contributed by atoms with Gasteiger partial charge in [-0.3, -0.25) is 4.79 Å². The molecule has 1 aromatic rings. The van der Waals surface area contributed by atoms with Crippen molar-refractivity contribution in [2.75, 3.05) is 12.4 Å². The van der Waals surface area contributed by atoms with E-state index in [2.05, 4.69) is 10.0 Å². The molecule has 6 nitrogen and oxygen atoms in total. The number of carbonyl (C=O) groups is 1. The zero-order chi connectivity index (χ0) is 14.8. The van der Waals surface area contributed by atoms with Gasteiger partial charge in [-0.2, -0.15) is 0 Å². The zero-order valence-corrected chi connectivity index (χ0v) is 12.1. The minimum atomic E-state index is -3.45. The molecule has 0 radical (unpaired) electrons. The summed E-state index contributed by atoms with van der Waals surface area (Å²) < 4.78 is 25.4. The maximum absolute atomic E-state index is 12.0. The number of carbonyl (C=O) groups excluding carboxylic acids is 1. The van der Waals surface area contributed by atoms with E-state index >= 15 is 0 Å². The summed E-state index contributed by atoms with van der Waals surface area (Å²) in [5.41, 5.74) is 6.37. The minimum absolute atomic E-state index is 0.0503. The lowest BCUT2D eigenvalue weighted by Gasteiger charge is -2.11. The van der Waals surface area contributed by atoms with Crippen LogP contribution in [0, 0.1) is 5.92 Å². The normalized spacial score (nSPS) is 22.7. The molecule has 2 rings (SSSR count). The number of amides is 1. The fourth-order valence-corrected chi connectivity index (χ4v) is 3.06. The van der Waals surface area contributed by atoms with Crippen LogP contribution < -0.4 is 15.8 Å². The lowest BCUT2D eigenvalue weighted by atomic mass is 10.1. The van der Waals surface area contributed by atoms with E-state index in [1.807, 2.05) is 0 Å². The Morgan fingerprint density at radius 2 is 1.90 bits per heavy atom. The van der Waals surface area contributed by atoms with Gasteiger partial charge in [-0.1, -0.05) is 0 Å². The van der Waals surface area contributed by atoms with Gasteiger partial charge in [0.25, 0.3) is 0 Å². The average molecular weight is 297 g/mol. The number of hydrogen-bond acceptors (Lipinski definition) is 4. The highest BCUT2D eigenvalue weighted by atomic mass is 32.2. The maximum Gasteiger partial charge on any atom is 0.240 e. The van der Waals surface area contributed by atoms with Gasteiger partial charge < -0.3 is 11.1 Å². The first kappa shape index (κ1) is 15.0. The van der Waals surface area contributed by atoms with Crippen LogP contribution in [0.25, 0.3) is 0 Å². The van der Waals surface area contributed by atoms with Crippen LogP contribution in [-0.2, 0) is 14.8 Å². The number of nitrogens with two attached hydrogens (primary N) is 1. The Morgan fingerprint density at radius 1 is 1.25 bits per heavy atom. The largest absolute Gasteiger partial charge is 0.328 e. The standard InChI is InChI=1S/C13H19N3O3S/c1-15-20(18,19)12-6-4-11(5-7-12)16-13(17)9-2-3-10(14)8-9/h4-7,9-10,15H,2-3,8,14H2,1H3,(H,16,17). The van der Waals surface area contributed by atoms with Crippen LogP contribution >= 0.6 is 0 Å². The highest BCUT2D eigenvalue weighted by molar-refractivity contribution is 7.89. The number of anilines is 1. The van der Waals surface area contributed by atoms with Crippen molar-refractivity contribution in [3.63, 3.8) is 0 Å². The molecule has 2 unspecified atom stereocenters. The third-order valence-electron chi connectivity index (χ3n) is 3.54. The van der Waals surface area contributed by atoms with Crippen LogP contribution in [-0.4, -0.2) is 27.4 Å². The van der Waals surface area contributed by atoms with Gasteiger partial charge in [0.1, 0.15) is 0 Å². The molecule has 0 aliphatic heterocycles. The molecule has 2 atom stereocenters. The van der Waals surface area contributed by atoms with E-state index in [1.165, 1.54) is 19.2 Å². The molecule has 1 aliphatic carbocycles. The van der Waals surface area contributed by atoms with Crippen molar-refractivity contribution in [1.29, 1.82) is 0 Å². The molecule has 7 heteroatoms. The van der Waals surface area contributed by atoms with Crippen molar-refractivity contribution in [2.45, 2.75) is 30.2 Å². The smallest absolute Gasteiger partial charge is 0.240 e. The van der Waals surface area contributed by atoms with Crippen LogP contribution in [0.2, 0.25) is 0 Å². The zero-order valence-electron chi connectivity index (χ0n) is 11.3. The predicted octanol–water partition coefficient (Wildman–Crippen LogP) is 0.661. The van der Waals surface area contributed by atoms with Crippen molar-refractivity contribution in [3.05, 3.63) is 24.3 Å². The lowest BCUT2D eigenvalue weighted by molar-refractivity contribution is -0.119. The van der Waals surface area contributed by atoms with Gasteiger partial charge in [0, 0.05) is 17.6 Å². The number of benzene rings is 1. The first-order valence-corrected chi connectivity index (χ1v) is 8.01. The van der Waals surface area contributed by atoms with E-state index in [0.717, 1.165) is 12.8 Å². The Morgan fingerprint density at radius 3 is 2.40 bits per heavy atom. The average Bonchev–Trinajstić information content (AvgIpc) is 2.86. The monoisotopic (exact) mass is 297 g/mol. The van der Waals surface area contributed by atoms with E-state index in [0.29, 0.717) is 12.1 Å². The number of rotatable bonds is 4. The lowest BCUT2D eigenvalue weighted by Crippen LogP contribution is -2.23. The molecule has 4 N–H and O–H groups in total. The third kappa shape index (κ3) is 3.36. The van der Waals surface area contributed by atoms with Crippen molar-refractivity contribution >= 4 is 21.6 Å². The molecule has 20 heavy (non-hydrogen) atoms. The quantitative estimate of drug-likeness (QED) is 0.760. The molecule has 0 saturated heterocycles. The summed E-state index contributed by atoms with van der Waals surface area (Å²) in [6.07, 6.45) is 2.38. The van der Waals surface area contributed by atoms with Crippen LogP contribution in [0.4, 0.5) is 5.69 Å². The molecule has 0 aromatic heterocycles. The van der Waals surface area contributed by atoms with Gasteiger partial charge in [-0.05, 0) is 50.6 Å². The Hall–Kier alpha value is -1.44. The molecule has 110 valence electrons. The second-order valence-electron chi connectivity index (χ2n) is 4.99. The summed E-state index contributed by atoms with van der Waals surface area (Å²) in [6.45, 7) is 0. The predicted molar refractivity (Wildman–Crippen MR) is 76.6 cm³/mol. The molecular weight excluding hydrogens is 278 g/mol. The molecule has 0 spiro atoms.